The first-order valence-electron chi connectivity index (χ1n) is 8.39. The zero-order valence-corrected chi connectivity index (χ0v) is 17.5. The van der Waals surface area contributed by atoms with Crippen LogP contribution in [0.1, 0.15) is 12.8 Å². The zero-order valence-electron chi connectivity index (χ0n) is 14.5. The minimum absolute atomic E-state index is 0.0313. The van der Waals surface area contributed by atoms with E-state index < -0.39 is 15.8 Å². The van der Waals surface area contributed by atoms with Gasteiger partial charge in [-0.15, -0.1) is 0 Å². The Balaban J connectivity index is 1.65. The van der Waals surface area contributed by atoms with Gasteiger partial charge < -0.3 is 5.32 Å². The van der Waals surface area contributed by atoms with Crippen LogP contribution in [0.4, 0.5) is 10.1 Å². The van der Waals surface area contributed by atoms with E-state index in [0.29, 0.717) is 18.5 Å². The number of amides is 1. The van der Waals surface area contributed by atoms with Gasteiger partial charge in [0.05, 0.1) is 10.0 Å². The average Bonchev–Trinajstić information content (AvgIpc) is 2.66. The predicted molar refractivity (Wildman–Crippen MR) is 108 cm³/mol. The quantitative estimate of drug-likeness (QED) is 0.703. The maximum atomic E-state index is 13.5. The number of hydrogen-bond acceptors (Lipinski definition) is 3. The first-order chi connectivity index (χ1) is 13.2. The number of nitrogens with zero attached hydrogens (tertiary/aromatic N) is 1. The lowest BCUT2D eigenvalue weighted by Gasteiger charge is -2.30. The second-order valence-electron chi connectivity index (χ2n) is 6.37. The minimum Gasteiger partial charge on any atom is -0.326 e. The van der Waals surface area contributed by atoms with Gasteiger partial charge in [0.25, 0.3) is 0 Å². The van der Waals surface area contributed by atoms with Gasteiger partial charge in [0.2, 0.25) is 15.9 Å². The van der Waals surface area contributed by atoms with E-state index in [4.69, 9.17) is 34.8 Å². The molecule has 2 aromatic rings. The van der Waals surface area contributed by atoms with Crippen LogP contribution in [0.3, 0.4) is 0 Å². The molecule has 3 rings (SSSR count). The number of anilines is 1. The van der Waals surface area contributed by atoms with Crippen molar-refractivity contribution in [2.45, 2.75) is 17.7 Å². The van der Waals surface area contributed by atoms with Gasteiger partial charge in [-0.3, -0.25) is 4.79 Å². The Morgan fingerprint density at radius 2 is 1.68 bits per heavy atom. The second kappa shape index (κ2) is 8.55. The van der Waals surface area contributed by atoms with Gasteiger partial charge in [-0.05, 0) is 49.2 Å². The molecular weight excluding hydrogens is 450 g/mol. The molecule has 1 aliphatic rings. The first kappa shape index (κ1) is 21.3. The molecule has 1 saturated heterocycles. The van der Waals surface area contributed by atoms with E-state index in [1.807, 2.05) is 0 Å². The minimum atomic E-state index is -3.81. The third-order valence-electron chi connectivity index (χ3n) is 4.52. The molecule has 0 aromatic heterocycles. The zero-order chi connectivity index (χ0) is 20.5. The number of hydrogen-bond donors (Lipinski definition) is 1. The standard InChI is InChI=1S/C18H16Cl3FN2O3S/c19-12-1-3-15(21)17(9-12)28(26,27)24-7-5-11(6-8-24)18(25)23-13-2-4-14(20)16(22)10-13/h1-4,9-11H,5-8H2,(H,23,25). The number of nitrogens with one attached hydrogen (secondary N) is 1. The van der Waals surface area contributed by atoms with Crippen LogP contribution in [0.2, 0.25) is 15.1 Å². The first-order valence-corrected chi connectivity index (χ1v) is 11.0. The molecule has 0 bridgehead atoms. The van der Waals surface area contributed by atoms with Crippen molar-refractivity contribution in [3.63, 3.8) is 0 Å². The molecule has 0 spiro atoms. The molecule has 0 saturated carbocycles. The van der Waals surface area contributed by atoms with Crippen molar-refractivity contribution in [3.05, 3.63) is 57.3 Å². The fourth-order valence-electron chi connectivity index (χ4n) is 2.99. The predicted octanol–water partition coefficient (Wildman–Crippen LogP) is 4.83. The van der Waals surface area contributed by atoms with Crippen LogP contribution in [0.15, 0.2) is 41.3 Å². The Hall–Kier alpha value is -1.38. The third kappa shape index (κ3) is 4.60. The highest BCUT2D eigenvalue weighted by Crippen LogP contribution is 2.30. The maximum Gasteiger partial charge on any atom is 0.244 e. The number of carbonyl (C=O) groups is 1. The fraction of sp³-hybridized carbons (Fsp3) is 0.278. The van der Waals surface area contributed by atoms with Gasteiger partial charge >= 0.3 is 0 Å². The van der Waals surface area contributed by atoms with Crippen LogP contribution >= 0.6 is 34.8 Å². The molecule has 2 aromatic carbocycles. The molecule has 1 heterocycles. The number of rotatable bonds is 4. The summed E-state index contributed by atoms with van der Waals surface area (Å²) in [5, 5.41) is 2.97. The Bertz CT molecular complexity index is 1010. The van der Waals surface area contributed by atoms with Crippen LogP contribution in [-0.2, 0) is 14.8 Å². The largest absolute Gasteiger partial charge is 0.326 e. The van der Waals surface area contributed by atoms with Gasteiger partial charge in [0.1, 0.15) is 10.7 Å². The lowest BCUT2D eigenvalue weighted by molar-refractivity contribution is -0.120. The molecule has 1 fully saturated rings. The molecule has 1 aliphatic heterocycles. The van der Waals surface area contributed by atoms with E-state index in [9.17, 15) is 17.6 Å². The summed E-state index contributed by atoms with van der Waals surface area (Å²) in [6.45, 7) is 0.330. The van der Waals surface area contributed by atoms with Crippen LogP contribution in [-0.4, -0.2) is 31.7 Å². The van der Waals surface area contributed by atoms with E-state index in [-0.39, 0.29) is 44.9 Å². The fourth-order valence-corrected chi connectivity index (χ4v) is 5.31. The molecule has 0 radical (unpaired) electrons. The normalized spacial score (nSPS) is 16.1. The molecule has 0 unspecified atom stereocenters. The van der Waals surface area contributed by atoms with E-state index in [1.54, 1.807) is 0 Å². The topological polar surface area (TPSA) is 66.5 Å². The van der Waals surface area contributed by atoms with Crippen molar-refractivity contribution in [1.82, 2.24) is 4.31 Å². The van der Waals surface area contributed by atoms with Crippen molar-refractivity contribution in [2.24, 2.45) is 5.92 Å². The van der Waals surface area contributed by atoms with Crippen LogP contribution in [0, 0.1) is 11.7 Å². The summed E-state index contributed by atoms with van der Waals surface area (Å²) < 4.78 is 40.4. The summed E-state index contributed by atoms with van der Waals surface area (Å²) in [5.41, 5.74) is 0.299. The van der Waals surface area contributed by atoms with Gasteiger partial charge in [0, 0.05) is 29.7 Å². The highest BCUT2D eigenvalue weighted by atomic mass is 35.5. The molecule has 0 aliphatic carbocycles. The van der Waals surface area contributed by atoms with Crippen LogP contribution in [0.5, 0.6) is 0 Å². The van der Waals surface area contributed by atoms with Gasteiger partial charge in [-0.1, -0.05) is 34.8 Å². The summed E-state index contributed by atoms with van der Waals surface area (Å²) in [7, 11) is -3.81. The highest BCUT2D eigenvalue weighted by molar-refractivity contribution is 7.89. The Labute approximate surface area is 177 Å². The van der Waals surface area contributed by atoms with E-state index >= 15 is 0 Å². The number of carbonyl (C=O) groups excluding carboxylic acids is 1. The van der Waals surface area contributed by atoms with E-state index in [2.05, 4.69) is 5.32 Å². The summed E-state index contributed by atoms with van der Waals surface area (Å²) in [6.07, 6.45) is 0.665. The summed E-state index contributed by atoms with van der Waals surface area (Å²) in [5.74, 6) is -1.31. The summed E-state index contributed by atoms with van der Waals surface area (Å²) >= 11 is 17.5. The molecular formula is C18H16Cl3FN2O3S. The van der Waals surface area contributed by atoms with Gasteiger partial charge in [0.15, 0.2) is 0 Å². The van der Waals surface area contributed by atoms with E-state index in [0.717, 1.165) is 6.07 Å². The van der Waals surface area contributed by atoms with E-state index in [1.165, 1.54) is 34.6 Å². The van der Waals surface area contributed by atoms with Gasteiger partial charge in [-0.2, -0.15) is 4.31 Å². The maximum absolute atomic E-state index is 13.5. The molecule has 1 amide bonds. The molecule has 150 valence electrons. The Morgan fingerprint density at radius 1 is 1.04 bits per heavy atom. The summed E-state index contributed by atoms with van der Waals surface area (Å²) in [4.78, 5) is 12.4. The molecule has 1 N–H and O–H groups in total. The van der Waals surface area contributed by atoms with Crippen molar-refractivity contribution in [2.75, 3.05) is 18.4 Å². The third-order valence-corrected chi connectivity index (χ3v) is 7.44. The van der Waals surface area contributed by atoms with Crippen LogP contribution in [0.25, 0.3) is 0 Å². The molecule has 28 heavy (non-hydrogen) atoms. The Morgan fingerprint density at radius 3 is 2.32 bits per heavy atom. The van der Waals surface area contributed by atoms with Gasteiger partial charge in [-0.25, -0.2) is 12.8 Å². The SMILES string of the molecule is O=C(Nc1ccc(Cl)c(F)c1)C1CCN(S(=O)(=O)c2cc(Cl)ccc2Cl)CC1. The van der Waals surface area contributed by atoms with Crippen molar-refractivity contribution in [3.8, 4) is 0 Å². The van der Waals surface area contributed by atoms with Crippen molar-refractivity contribution >= 4 is 56.4 Å². The van der Waals surface area contributed by atoms with Crippen LogP contribution < -0.4 is 5.32 Å². The number of sulfonamides is 1. The highest BCUT2D eigenvalue weighted by Gasteiger charge is 2.33. The number of benzene rings is 2. The molecule has 0 atom stereocenters. The molecule has 5 nitrogen and oxygen atoms in total. The van der Waals surface area contributed by atoms with Crippen molar-refractivity contribution in [1.29, 1.82) is 0 Å². The number of piperidine rings is 1. The average molecular weight is 466 g/mol. The molecule has 10 heteroatoms. The lowest BCUT2D eigenvalue weighted by Crippen LogP contribution is -2.41. The lowest BCUT2D eigenvalue weighted by atomic mass is 9.97. The summed E-state index contributed by atoms with van der Waals surface area (Å²) in [6, 6.07) is 8.26. The monoisotopic (exact) mass is 464 g/mol. The van der Waals surface area contributed by atoms with Crippen molar-refractivity contribution < 1.29 is 17.6 Å². The second-order valence-corrected chi connectivity index (χ2v) is 9.53. The number of halogens is 4. The smallest absolute Gasteiger partial charge is 0.244 e. The Kier molecular flexibility index (Phi) is 6.51.